The summed E-state index contributed by atoms with van der Waals surface area (Å²) in [5.74, 6) is 0.0656. The van der Waals surface area contributed by atoms with E-state index >= 15 is 0 Å². The Balaban J connectivity index is 1.75. The number of hydrogen-bond acceptors (Lipinski definition) is 6. The largest absolute Gasteiger partial charge is 0.497 e. The standard InChI is InChI=1S/C20H18N2O5S/c1-26-15-8-6-14(7-9-15)21-20-22-19(25)17(28-20)12-13-4-2-3-5-16(13)27-11-10-18(23)24/h2-9,12H,10-11H2,1H3,(H,23,24)(H,21,22,25)/b17-12+. The second-order valence-electron chi connectivity index (χ2n) is 5.71. The van der Waals surface area contributed by atoms with E-state index in [-0.39, 0.29) is 18.9 Å². The first-order chi connectivity index (χ1) is 13.5. The summed E-state index contributed by atoms with van der Waals surface area (Å²) in [6.07, 6.45) is 1.60. The van der Waals surface area contributed by atoms with E-state index in [0.717, 1.165) is 5.75 Å². The molecular formula is C20H18N2O5S. The number of carboxylic acid groups (broad SMARTS) is 1. The van der Waals surface area contributed by atoms with Gasteiger partial charge in [-0.2, -0.15) is 0 Å². The number of amides is 1. The molecule has 28 heavy (non-hydrogen) atoms. The first kappa shape index (κ1) is 19.5. The number of methoxy groups -OCH3 is 1. The Labute approximate surface area is 166 Å². The lowest BCUT2D eigenvalue weighted by molar-refractivity contribution is -0.137. The zero-order valence-corrected chi connectivity index (χ0v) is 15.9. The van der Waals surface area contributed by atoms with Crippen molar-refractivity contribution in [2.75, 3.05) is 13.7 Å². The summed E-state index contributed by atoms with van der Waals surface area (Å²) >= 11 is 1.23. The Hall–Kier alpha value is -3.26. The van der Waals surface area contributed by atoms with Crippen LogP contribution in [0, 0.1) is 0 Å². The Morgan fingerprint density at radius 2 is 1.96 bits per heavy atom. The lowest BCUT2D eigenvalue weighted by Crippen LogP contribution is -2.19. The van der Waals surface area contributed by atoms with Gasteiger partial charge in [0.1, 0.15) is 11.5 Å². The molecule has 0 radical (unpaired) electrons. The Bertz CT molecular complexity index is 938. The van der Waals surface area contributed by atoms with Crippen LogP contribution in [0.4, 0.5) is 5.69 Å². The van der Waals surface area contributed by atoms with Crippen molar-refractivity contribution in [3.05, 3.63) is 59.0 Å². The second kappa shape index (κ2) is 9.09. The lowest BCUT2D eigenvalue weighted by atomic mass is 10.2. The highest BCUT2D eigenvalue weighted by Gasteiger charge is 2.24. The average Bonchev–Trinajstić information content (AvgIpc) is 3.02. The molecule has 144 valence electrons. The van der Waals surface area contributed by atoms with Crippen molar-refractivity contribution < 1.29 is 24.2 Å². The zero-order chi connectivity index (χ0) is 19.9. The molecular weight excluding hydrogens is 380 g/mol. The smallest absolute Gasteiger partial charge is 0.306 e. The molecule has 2 N–H and O–H groups in total. The summed E-state index contributed by atoms with van der Waals surface area (Å²) in [7, 11) is 1.59. The van der Waals surface area contributed by atoms with Crippen molar-refractivity contribution in [1.82, 2.24) is 5.32 Å². The molecule has 1 heterocycles. The van der Waals surface area contributed by atoms with Crippen LogP contribution in [0.5, 0.6) is 11.5 Å². The molecule has 0 atom stereocenters. The third-order valence-corrected chi connectivity index (χ3v) is 4.64. The highest BCUT2D eigenvalue weighted by molar-refractivity contribution is 8.18. The summed E-state index contributed by atoms with van der Waals surface area (Å²) in [4.78, 5) is 27.8. The number of benzene rings is 2. The van der Waals surface area contributed by atoms with E-state index in [9.17, 15) is 9.59 Å². The number of nitrogens with zero attached hydrogens (tertiary/aromatic N) is 1. The Morgan fingerprint density at radius 1 is 1.21 bits per heavy atom. The van der Waals surface area contributed by atoms with Crippen LogP contribution < -0.4 is 14.8 Å². The average molecular weight is 398 g/mol. The number of ether oxygens (including phenoxy) is 2. The predicted octanol–water partition coefficient (Wildman–Crippen LogP) is 3.44. The number of para-hydroxylation sites is 1. The zero-order valence-electron chi connectivity index (χ0n) is 15.0. The summed E-state index contributed by atoms with van der Waals surface area (Å²) in [6, 6.07) is 14.3. The van der Waals surface area contributed by atoms with Gasteiger partial charge in [-0.05, 0) is 48.2 Å². The number of aliphatic carboxylic acids is 1. The van der Waals surface area contributed by atoms with Gasteiger partial charge in [0.2, 0.25) is 0 Å². The molecule has 1 aliphatic heterocycles. The fourth-order valence-corrected chi connectivity index (χ4v) is 3.21. The maximum Gasteiger partial charge on any atom is 0.306 e. The number of rotatable bonds is 7. The van der Waals surface area contributed by atoms with Gasteiger partial charge in [0.05, 0.1) is 30.7 Å². The molecule has 1 aliphatic rings. The number of thioether (sulfide) groups is 1. The van der Waals surface area contributed by atoms with Crippen molar-refractivity contribution in [3.8, 4) is 11.5 Å². The monoisotopic (exact) mass is 398 g/mol. The molecule has 0 aliphatic carbocycles. The van der Waals surface area contributed by atoms with Crippen LogP contribution >= 0.6 is 11.8 Å². The number of aliphatic imine (C=N–C) groups is 1. The molecule has 0 spiro atoms. The fourth-order valence-electron chi connectivity index (χ4n) is 2.38. The van der Waals surface area contributed by atoms with E-state index in [0.29, 0.717) is 27.1 Å². The minimum Gasteiger partial charge on any atom is -0.497 e. The van der Waals surface area contributed by atoms with Gasteiger partial charge in [0.25, 0.3) is 5.91 Å². The van der Waals surface area contributed by atoms with Gasteiger partial charge >= 0.3 is 5.97 Å². The quantitative estimate of drug-likeness (QED) is 0.694. The molecule has 0 unspecified atom stereocenters. The number of carbonyl (C=O) groups is 2. The number of carboxylic acids is 1. The van der Waals surface area contributed by atoms with E-state index in [1.54, 1.807) is 55.7 Å². The first-order valence-corrected chi connectivity index (χ1v) is 9.24. The molecule has 1 saturated heterocycles. The first-order valence-electron chi connectivity index (χ1n) is 8.42. The summed E-state index contributed by atoms with van der Waals surface area (Å²) in [5, 5.41) is 11.9. The molecule has 0 saturated carbocycles. The number of hydrogen-bond donors (Lipinski definition) is 2. The van der Waals surface area contributed by atoms with Crippen molar-refractivity contribution in [2.45, 2.75) is 6.42 Å². The van der Waals surface area contributed by atoms with Crippen LogP contribution in [-0.2, 0) is 9.59 Å². The molecule has 3 rings (SSSR count). The fraction of sp³-hybridized carbons (Fsp3) is 0.150. The lowest BCUT2D eigenvalue weighted by Gasteiger charge is -2.08. The summed E-state index contributed by atoms with van der Waals surface area (Å²) in [6.45, 7) is 0.0546. The third kappa shape index (κ3) is 5.14. The molecule has 8 heteroatoms. The summed E-state index contributed by atoms with van der Waals surface area (Å²) < 4.78 is 10.6. The van der Waals surface area contributed by atoms with Gasteiger partial charge in [0, 0.05) is 5.56 Å². The number of carbonyl (C=O) groups excluding carboxylic acids is 1. The van der Waals surface area contributed by atoms with Gasteiger partial charge in [0.15, 0.2) is 5.17 Å². The van der Waals surface area contributed by atoms with Gasteiger partial charge in [-0.15, -0.1) is 0 Å². The van der Waals surface area contributed by atoms with Gasteiger partial charge < -0.3 is 19.9 Å². The highest BCUT2D eigenvalue weighted by Crippen LogP contribution is 2.31. The maximum absolute atomic E-state index is 12.3. The number of amidine groups is 1. The molecule has 7 nitrogen and oxygen atoms in total. The normalized spacial score (nSPS) is 16.2. The van der Waals surface area contributed by atoms with Crippen LogP contribution in [0.15, 0.2) is 58.4 Å². The SMILES string of the molecule is COc1ccc(N=C2NC(=O)/C(=C\c3ccccc3OCCC(=O)O)S2)cc1. The van der Waals surface area contributed by atoms with E-state index in [2.05, 4.69) is 10.3 Å². The van der Waals surface area contributed by atoms with Crippen LogP contribution in [0.3, 0.4) is 0 Å². The molecule has 2 aromatic carbocycles. The predicted molar refractivity (Wildman–Crippen MR) is 108 cm³/mol. The topological polar surface area (TPSA) is 97.2 Å². The minimum absolute atomic E-state index is 0.0546. The van der Waals surface area contributed by atoms with Gasteiger partial charge in [-0.1, -0.05) is 18.2 Å². The van der Waals surface area contributed by atoms with E-state index in [4.69, 9.17) is 14.6 Å². The van der Waals surface area contributed by atoms with E-state index in [1.165, 1.54) is 11.8 Å². The maximum atomic E-state index is 12.3. The van der Waals surface area contributed by atoms with Gasteiger partial charge in [-0.25, -0.2) is 4.99 Å². The third-order valence-electron chi connectivity index (χ3n) is 3.73. The van der Waals surface area contributed by atoms with E-state index in [1.807, 2.05) is 6.07 Å². The van der Waals surface area contributed by atoms with Crippen LogP contribution in [0.1, 0.15) is 12.0 Å². The summed E-state index contributed by atoms with van der Waals surface area (Å²) in [5.41, 5.74) is 1.39. The highest BCUT2D eigenvalue weighted by atomic mass is 32.2. The Morgan fingerprint density at radius 3 is 2.68 bits per heavy atom. The molecule has 1 fully saturated rings. The van der Waals surface area contributed by atoms with Gasteiger partial charge in [-0.3, -0.25) is 9.59 Å². The van der Waals surface area contributed by atoms with Crippen molar-refractivity contribution in [3.63, 3.8) is 0 Å². The van der Waals surface area contributed by atoms with Crippen molar-refractivity contribution >= 4 is 40.6 Å². The van der Waals surface area contributed by atoms with Crippen molar-refractivity contribution in [2.24, 2.45) is 4.99 Å². The van der Waals surface area contributed by atoms with Crippen molar-refractivity contribution in [1.29, 1.82) is 0 Å². The van der Waals surface area contributed by atoms with Crippen LogP contribution in [0.25, 0.3) is 6.08 Å². The minimum atomic E-state index is -0.930. The molecule has 0 aromatic heterocycles. The van der Waals surface area contributed by atoms with Crippen LogP contribution in [-0.4, -0.2) is 35.9 Å². The van der Waals surface area contributed by atoms with Crippen LogP contribution in [0.2, 0.25) is 0 Å². The Kier molecular flexibility index (Phi) is 6.33. The molecule has 2 aromatic rings. The number of nitrogens with one attached hydrogen (secondary N) is 1. The second-order valence-corrected chi connectivity index (χ2v) is 6.74. The molecule has 0 bridgehead atoms. The molecule has 1 amide bonds. The van der Waals surface area contributed by atoms with E-state index < -0.39 is 5.97 Å².